The standard InChI is InChI=1S/C9H18N2O/c1-11-4-6-2-8(12)3-7(5-11)9(6)10/h6-9,12H,2-5,10H2,1H3. The third-order valence-corrected chi connectivity index (χ3v) is 3.33. The van der Waals surface area contributed by atoms with Gasteiger partial charge in [0.2, 0.25) is 0 Å². The molecule has 3 heteroatoms. The van der Waals surface area contributed by atoms with E-state index in [0.29, 0.717) is 17.9 Å². The van der Waals surface area contributed by atoms with Crippen LogP contribution in [0, 0.1) is 11.8 Å². The van der Waals surface area contributed by atoms with Crippen LogP contribution in [0.3, 0.4) is 0 Å². The van der Waals surface area contributed by atoms with Crippen LogP contribution < -0.4 is 5.73 Å². The van der Waals surface area contributed by atoms with Gasteiger partial charge >= 0.3 is 0 Å². The number of fused-ring (bicyclic) bond motifs is 2. The quantitative estimate of drug-likeness (QED) is 0.522. The van der Waals surface area contributed by atoms with Gasteiger partial charge in [0.05, 0.1) is 6.10 Å². The van der Waals surface area contributed by atoms with E-state index >= 15 is 0 Å². The summed E-state index contributed by atoms with van der Waals surface area (Å²) in [6.07, 6.45) is 1.72. The van der Waals surface area contributed by atoms with Gasteiger partial charge in [-0.1, -0.05) is 0 Å². The fraction of sp³-hybridized carbons (Fsp3) is 1.00. The third kappa shape index (κ3) is 1.37. The van der Waals surface area contributed by atoms with Gasteiger partial charge in [-0.05, 0) is 31.7 Å². The van der Waals surface area contributed by atoms with Crippen LogP contribution >= 0.6 is 0 Å². The molecule has 1 heterocycles. The fourth-order valence-electron chi connectivity index (χ4n) is 2.76. The van der Waals surface area contributed by atoms with Crippen molar-refractivity contribution >= 4 is 0 Å². The third-order valence-electron chi connectivity index (χ3n) is 3.33. The van der Waals surface area contributed by atoms with Crippen molar-refractivity contribution in [2.24, 2.45) is 17.6 Å². The summed E-state index contributed by atoms with van der Waals surface area (Å²) >= 11 is 0. The number of nitrogens with two attached hydrogens (primary N) is 1. The molecule has 0 radical (unpaired) electrons. The molecule has 2 atom stereocenters. The monoisotopic (exact) mass is 170 g/mol. The highest BCUT2D eigenvalue weighted by atomic mass is 16.3. The lowest BCUT2D eigenvalue weighted by atomic mass is 9.73. The number of aliphatic hydroxyl groups is 1. The van der Waals surface area contributed by atoms with E-state index in [0.717, 1.165) is 25.9 Å². The summed E-state index contributed by atoms with van der Waals surface area (Å²) in [4.78, 5) is 2.34. The first-order valence-corrected chi connectivity index (χ1v) is 4.79. The number of aliphatic hydroxyl groups excluding tert-OH is 1. The van der Waals surface area contributed by atoms with E-state index < -0.39 is 0 Å². The Morgan fingerprint density at radius 3 is 2.25 bits per heavy atom. The van der Waals surface area contributed by atoms with Crippen LogP contribution in [-0.4, -0.2) is 42.3 Å². The maximum atomic E-state index is 9.54. The molecule has 70 valence electrons. The Hall–Kier alpha value is -0.120. The molecule has 0 spiro atoms. The Balaban J connectivity index is 2.08. The van der Waals surface area contributed by atoms with Crippen LogP contribution in [0.2, 0.25) is 0 Å². The van der Waals surface area contributed by atoms with Gasteiger partial charge in [-0.15, -0.1) is 0 Å². The van der Waals surface area contributed by atoms with Gasteiger partial charge in [0.15, 0.2) is 0 Å². The Bertz CT molecular complexity index is 144. The number of nitrogens with zero attached hydrogens (tertiary/aromatic N) is 1. The summed E-state index contributed by atoms with van der Waals surface area (Å²) in [5, 5.41) is 9.54. The van der Waals surface area contributed by atoms with E-state index in [9.17, 15) is 5.11 Å². The zero-order valence-corrected chi connectivity index (χ0v) is 7.61. The maximum Gasteiger partial charge on any atom is 0.0547 e. The Kier molecular flexibility index (Phi) is 2.10. The van der Waals surface area contributed by atoms with Crippen molar-refractivity contribution in [1.82, 2.24) is 4.90 Å². The van der Waals surface area contributed by atoms with E-state index in [1.54, 1.807) is 0 Å². The normalized spacial score (nSPS) is 49.2. The number of hydrogen-bond donors (Lipinski definition) is 2. The first-order valence-electron chi connectivity index (χ1n) is 4.79. The summed E-state index contributed by atoms with van der Waals surface area (Å²) in [6, 6.07) is 0.338. The molecule has 0 amide bonds. The minimum absolute atomic E-state index is 0.0894. The summed E-state index contributed by atoms with van der Waals surface area (Å²) in [7, 11) is 2.14. The molecule has 2 aliphatic rings. The topological polar surface area (TPSA) is 49.5 Å². The minimum atomic E-state index is -0.0894. The van der Waals surface area contributed by atoms with E-state index in [1.807, 2.05) is 0 Å². The van der Waals surface area contributed by atoms with Gasteiger partial charge < -0.3 is 15.7 Å². The first kappa shape index (κ1) is 8.48. The molecule has 2 fully saturated rings. The first-order chi connectivity index (χ1) is 5.66. The van der Waals surface area contributed by atoms with Crippen LogP contribution in [0.25, 0.3) is 0 Å². The zero-order chi connectivity index (χ0) is 8.72. The van der Waals surface area contributed by atoms with Crippen molar-refractivity contribution in [3.05, 3.63) is 0 Å². The van der Waals surface area contributed by atoms with E-state index in [-0.39, 0.29) is 6.10 Å². The number of hydrogen-bond acceptors (Lipinski definition) is 3. The Morgan fingerprint density at radius 1 is 1.25 bits per heavy atom. The zero-order valence-electron chi connectivity index (χ0n) is 7.61. The molecule has 0 aromatic carbocycles. The lowest BCUT2D eigenvalue weighted by Gasteiger charge is -2.46. The molecule has 2 bridgehead atoms. The summed E-state index contributed by atoms with van der Waals surface area (Å²) in [6.45, 7) is 2.13. The average Bonchev–Trinajstić information content (AvgIpc) is 1.94. The largest absolute Gasteiger partial charge is 0.393 e. The minimum Gasteiger partial charge on any atom is -0.393 e. The smallest absolute Gasteiger partial charge is 0.0547 e. The molecule has 1 saturated carbocycles. The average molecular weight is 170 g/mol. The second kappa shape index (κ2) is 2.98. The molecule has 2 unspecified atom stereocenters. The van der Waals surface area contributed by atoms with Crippen molar-refractivity contribution < 1.29 is 5.11 Å². The van der Waals surface area contributed by atoms with Crippen LogP contribution in [-0.2, 0) is 0 Å². The molecule has 1 saturated heterocycles. The lowest BCUT2D eigenvalue weighted by Crippen LogP contribution is -2.56. The van der Waals surface area contributed by atoms with Gasteiger partial charge in [0.25, 0.3) is 0 Å². The number of rotatable bonds is 0. The molecule has 0 aromatic heterocycles. The maximum absolute atomic E-state index is 9.54. The van der Waals surface area contributed by atoms with Gasteiger partial charge in [-0.25, -0.2) is 0 Å². The molecule has 0 aromatic rings. The second-order valence-electron chi connectivity index (χ2n) is 4.44. The summed E-state index contributed by atoms with van der Waals surface area (Å²) in [5.74, 6) is 1.05. The molecule has 1 aliphatic heterocycles. The molecular weight excluding hydrogens is 152 g/mol. The van der Waals surface area contributed by atoms with Crippen molar-refractivity contribution in [3.8, 4) is 0 Å². The van der Waals surface area contributed by atoms with Crippen molar-refractivity contribution in [2.45, 2.75) is 25.0 Å². The van der Waals surface area contributed by atoms with Crippen LogP contribution in [0.15, 0.2) is 0 Å². The van der Waals surface area contributed by atoms with Gasteiger partial charge in [0.1, 0.15) is 0 Å². The molecule has 3 nitrogen and oxygen atoms in total. The van der Waals surface area contributed by atoms with Gasteiger partial charge in [-0.2, -0.15) is 0 Å². The Morgan fingerprint density at radius 2 is 1.75 bits per heavy atom. The van der Waals surface area contributed by atoms with Crippen LogP contribution in [0.5, 0.6) is 0 Å². The van der Waals surface area contributed by atoms with Crippen LogP contribution in [0.1, 0.15) is 12.8 Å². The molecule has 3 N–H and O–H groups in total. The second-order valence-corrected chi connectivity index (χ2v) is 4.44. The Labute approximate surface area is 73.5 Å². The highest BCUT2D eigenvalue weighted by Gasteiger charge is 2.39. The van der Waals surface area contributed by atoms with E-state index in [2.05, 4.69) is 11.9 Å². The van der Waals surface area contributed by atoms with Gasteiger partial charge in [-0.3, -0.25) is 0 Å². The highest BCUT2D eigenvalue weighted by molar-refractivity contribution is 4.94. The predicted octanol–water partition coefficient (Wildman–Crippen LogP) is -0.354. The fourth-order valence-corrected chi connectivity index (χ4v) is 2.76. The van der Waals surface area contributed by atoms with Crippen LogP contribution in [0.4, 0.5) is 0 Å². The van der Waals surface area contributed by atoms with Crippen molar-refractivity contribution in [2.75, 3.05) is 20.1 Å². The van der Waals surface area contributed by atoms with E-state index in [4.69, 9.17) is 5.73 Å². The predicted molar refractivity (Wildman–Crippen MR) is 47.7 cm³/mol. The lowest BCUT2D eigenvalue weighted by molar-refractivity contribution is 0.00127. The van der Waals surface area contributed by atoms with Crippen molar-refractivity contribution in [1.29, 1.82) is 0 Å². The molecule has 2 rings (SSSR count). The molecule has 12 heavy (non-hydrogen) atoms. The number of likely N-dealkylation sites (tertiary alicyclic amines) is 1. The van der Waals surface area contributed by atoms with E-state index in [1.165, 1.54) is 0 Å². The highest BCUT2D eigenvalue weighted by Crippen LogP contribution is 2.33. The number of piperidine rings is 1. The van der Waals surface area contributed by atoms with Gasteiger partial charge in [0, 0.05) is 19.1 Å². The molecule has 1 aliphatic carbocycles. The molecular formula is C9H18N2O. The SMILES string of the molecule is CN1CC2CC(O)CC(C1)C2N. The summed E-state index contributed by atoms with van der Waals surface area (Å²) in [5.41, 5.74) is 6.07. The van der Waals surface area contributed by atoms with Crippen molar-refractivity contribution in [3.63, 3.8) is 0 Å². The summed E-state index contributed by atoms with van der Waals surface area (Å²) < 4.78 is 0.